The monoisotopic (exact) mass is 248 g/mol. The molecule has 17 heavy (non-hydrogen) atoms. The standard InChI is InChI=1S/C14H20N2S/c15-16-12(8-7-10-5-6-10)14-9-11-3-1-2-4-13(11)17-14/h1-4,10,12,14,16H,5-9,15H2. The quantitative estimate of drug-likeness (QED) is 0.621. The first kappa shape index (κ1) is 11.6. The fourth-order valence-electron chi connectivity index (χ4n) is 2.63. The maximum absolute atomic E-state index is 5.73. The summed E-state index contributed by atoms with van der Waals surface area (Å²) >= 11 is 2.00. The van der Waals surface area contributed by atoms with Crippen LogP contribution in [0.5, 0.6) is 0 Å². The van der Waals surface area contributed by atoms with Gasteiger partial charge in [0.25, 0.3) is 0 Å². The summed E-state index contributed by atoms with van der Waals surface area (Å²) in [4.78, 5) is 1.45. The molecule has 0 radical (unpaired) electrons. The highest BCUT2D eigenvalue weighted by Crippen LogP contribution is 2.40. The first-order valence-corrected chi connectivity index (χ1v) is 7.45. The number of hydrogen-bond acceptors (Lipinski definition) is 3. The molecule has 2 nitrogen and oxygen atoms in total. The predicted octanol–water partition coefficient (Wildman–Crippen LogP) is 2.73. The summed E-state index contributed by atoms with van der Waals surface area (Å²) in [6, 6.07) is 9.21. The van der Waals surface area contributed by atoms with Gasteiger partial charge >= 0.3 is 0 Å². The van der Waals surface area contributed by atoms with Crippen LogP contribution in [0.2, 0.25) is 0 Å². The van der Waals surface area contributed by atoms with E-state index in [2.05, 4.69) is 29.7 Å². The third-order valence-corrected chi connectivity index (χ3v) is 5.37. The van der Waals surface area contributed by atoms with Crippen molar-refractivity contribution in [3.63, 3.8) is 0 Å². The van der Waals surface area contributed by atoms with Crippen LogP contribution in [0.3, 0.4) is 0 Å². The third kappa shape index (κ3) is 2.67. The summed E-state index contributed by atoms with van der Waals surface area (Å²) < 4.78 is 0. The number of hydrogen-bond donors (Lipinski definition) is 2. The second-order valence-corrected chi connectivity index (χ2v) is 6.54. The summed E-state index contributed by atoms with van der Waals surface area (Å²) in [5, 5.41) is 0.621. The molecule has 1 fully saturated rings. The van der Waals surface area contributed by atoms with Crippen LogP contribution in [0.15, 0.2) is 29.2 Å². The molecular formula is C14H20N2S. The molecule has 2 atom stereocenters. The van der Waals surface area contributed by atoms with Gasteiger partial charge in [-0.15, -0.1) is 11.8 Å². The van der Waals surface area contributed by atoms with Crippen LogP contribution in [-0.2, 0) is 6.42 Å². The maximum Gasteiger partial charge on any atom is 0.0336 e. The van der Waals surface area contributed by atoms with Gasteiger partial charge in [0, 0.05) is 16.2 Å². The molecule has 1 aliphatic heterocycles. The van der Waals surface area contributed by atoms with Crippen molar-refractivity contribution in [3.05, 3.63) is 29.8 Å². The molecule has 0 bridgehead atoms. The highest BCUT2D eigenvalue weighted by molar-refractivity contribution is 8.00. The van der Waals surface area contributed by atoms with Crippen LogP contribution >= 0.6 is 11.8 Å². The van der Waals surface area contributed by atoms with Gasteiger partial charge in [0.15, 0.2) is 0 Å². The van der Waals surface area contributed by atoms with Gasteiger partial charge in [-0.3, -0.25) is 11.3 Å². The van der Waals surface area contributed by atoms with Crippen molar-refractivity contribution in [2.75, 3.05) is 0 Å². The lowest BCUT2D eigenvalue weighted by Crippen LogP contribution is -2.42. The Bertz CT molecular complexity index is 365. The first-order chi connectivity index (χ1) is 8.36. The summed E-state index contributed by atoms with van der Waals surface area (Å²) in [7, 11) is 0. The summed E-state index contributed by atoms with van der Waals surface area (Å²) in [6.07, 6.45) is 6.63. The van der Waals surface area contributed by atoms with Crippen molar-refractivity contribution < 1.29 is 0 Å². The van der Waals surface area contributed by atoms with Gasteiger partial charge in [-0.1, -0.05) is 31.0 Å². The van der Waals surface area contributed by atoms with E-state index in [0.29, 0.717) is 11.3 Å². The molecule has 0 aromatic heterocycles. The van der Waals surface area contributed by atoms with E-state index in [4.69, 9.17) is 5.84 Å². The highest BCUT2D eigenvalue weighted by Gasteiger charge is 2.30. The number of nitrogens with one attached hydrogen (secondary N) is 1. The van der Waals surface area contributed by atoms with E-state index in [1.165, 1.54) is 42.6 Å². The van der Waals surface area contributed by atoms with Crippen LogP contribution < -0.4 is 11.3 Å². The molecular weight excluding hydrogens is 228 g/mol. The summed E-state index contributed by atoms with van der Waals surface area (Å²) in [5.74, 6) is 6.73. The van der Waals surface area contributed by atoms with Gasteiger partial charge in [-0.05, 0) is 36.8 Å². The maximum atomic E-state index is 5.73. The Morgan fingerprint density at radius 1 is 1.35 bits per heavy atom. The van der Waals surface area contributed by atoms with Crippen LogP contribution in [0.25, 0.3) is 0 Å². The highest BCUT2D eigenvalue weighted by atomic mass is 32.2. The lowest BCUT2D eigenvalue weighted by atomic mass is 10.0. The zero-order chi connectivity index (χ0) is 11.7. The van der Waals surface area contributed by atoms with Gasteiger partial charge in [-0.25, -0.2) is 0 Å². The number of fused-ring (bicyclic) bond motifs is 1. The van der Waals surface area contributed by atoms with E-state index >= 15 is 0 Å². The number of benzene rings is 1. The summed E-state index contributed by atoms with van der Waals surface area (Å²) in [6.45, 7) is 0. The van der Waals surface area contributed by atoms with Crippen LogP contribution in [-0.4, -0.2) is 11.3 Å². The molecule has 3 rings (SSSR count). The predicted molar refractivity (Wildman–Crippen MR) is 72.9 cm³/mol. The van der Waals surface area contributed by atoms with E-state index in [1.54, 1.807) is 0 Å². The number of hydrazine groups is 1. The van der Waals surface area contributed by atoms with Crippen molar-refractivity contribution in [2.45, 2.75) is 48.3 Å². The Kier molecular flexibility index (Phi) is 3.41. The second-order valence-electron chi connectivity index (χ2n) is 5.26. The minimum atomic E-state index is 0.466. The van der Waals surface area contributed by atoms with Crippen molar-refractivity contribution in [1.82, 2.24) is 5.43 Å². The molecule has 1 saturated carbocycles. The average molecular weight is 248 g/mol. The van der Waals surface area contributed by atoms with Crippen molar-refractivity contribution >= 4 is 11.8 Å². The first-order valence-electron chi connectivity index (χ1n) is 6.57. The molecule has 3 heteroatoms. The largest absolute Gasteiger partial charge is 0.271 e. The van der Waals surface area contributed by atoms with Crippen molar-refractivity contribution in [3.8, 4) is 0 Å². The second kappa shape index (κ2) is 5.01. The Morgan fingerprint density at radius 2 is 2.18 bits per heavy atom. The molecule has 3 N–H and O–H groups in total. The third-order valence-electron chi connectivity index (χ3n) is 3.92. The topological polar surface area (TPSA) is 38.0 Å². The SMILES string of the molecule is NNC(CCC1CC1)C1Cc2ccccc2S1. The van der Waals surface area contributed by atoms with E-state index < -0.39 is 0 Å². The van der Waals surface area contributed by atoms with E-state index in [9.17, 15) is 0 Å². The number of nitrogens with two attached hydrogens (primary N) is 1. The van der Waals surface area contributed by atoms with Crippen LogP contribution in [0.1, 0.15) is 31.2 Å². The number of rotatable bonds is 5. The van der Waals surface area contributed by atoms with Gasteiger partial charge in [-0.2, -0.15) is 0 Å². The molecule has 1 aromatic carbocycles. The Labute approximate surface area is 107 Å². The lowest BCUT2D eigenvalue weighted by Gasteiger charge is -2.21. The fraction of sp³-hybridized carbons (Fsp3) is 0.571. The van der Waals surface area contributed by atoms with Crippen LogP contribution in [0, 0.1) is 5.92 Å². The number of thioether (sulfide) groups is 1. The smallest absolute Gasteiger partial charge is 0.0336 e. The zero-order valence-corrected chi connectivity index (χ0v) is 10.9. The van der Waals surface area contributed by atoms with Crippen molar-refractivity contribution in [1.29, 1.82) is 0 Å². The van der Waals surface area contributed by atoms with Gasteiger partial charge in [0.05, 0.1) is 0 Å². The molecule has 1 aliphatic carbocycles. The van der Waals surface area contributed by atoms with Gasteiger partial charge < -0.3 is 0 Å². The Morgan fingerprint density at radius 3 is 2.88 bits per heavy atom. The molecule has 0 amide bonds. The average Bonchev–Trinajstić information content (AvgIpc) is 3.08. The molecule has 2 unspecified atom stereocenters. The van der Waals surface area contributed by atoms with E-state index in [-0.39, 0.29) is 0 Å². The molecule has 1 heterocycles. The Balaban J connectivity index is 1.60. The molecule has 0 saturated heterocycles. The van der Waals surface area contributed by atoms with Crippen LogP contribution in [0.4, 0.5) is 0 Å². The minimum absolute atomic E-state index is 0.466. The zero-order valence-electron chi connectivity index (χ0n) is 10.1. The molecule has 92 valence electrons. The molecule has 1 aromatic rings. The van der Waals surface area contributed by atoms with E-state index in [0.717, 1.165) is 5.92 Å². The summed E-state index contributed by atoms with van der Waals surface area (Å²) in [5.41, 5.74) is 4.54. The Hall–Kier alpha value is -0.510. The van der Waals surface area contributed by atoms with Crippen molar-refractivity contribution in [2.24, 2.45) is 11.8 Å². The van der Waals surface area contributed by atoms with Gasteiger partial charge in [0.1, 0.15) is 0 Å². The fourth-order valence-corrected chi connectivity index (χ4v) is 4.06. The molecule has 0 spiro atoms. The normalized spacial score (nSPS) is 24.6. The van der Waals surface area contributed by atoms with E-state index in [1.807, 2.05) is 11.8 Å². The minimum Gasteiger partial charge on any atom is -0.271 e. The van der Waals surface area contributed by atoms with Gasteiger partial charge in [0.2, 0.25) is 0 Å². The lowest BCUT2D eigenvalue weighted by molar-refractivity contribution is 0.451. The molecule has 2 aliphatic rings.